The average Bonchev–Trinajstić information content (AvgIpc) is 3.09. The van der Waals surface area contributed by atoms with Crippen molar-refractivity contribution in [2.75, 3.05) is 20.3 Å². The molecule has 0 bridgehead atoms. The molecule has 0 N–H and O–H groups in total. The van der Waals surface area contributed by atoms with Crippen LogP contribution in [0.2, 0.25) is 10.0 Å². The first-order valence-electron chi connectivity index (χ1n) is 11.0. The summed E-state index contributed by atoms with van der Waals surface area (Å²) in [7, 11) is 1.55. The summed E-state index contributed by atoms with van der Waals surface area (Å²) >= 11 is 18.8. The molecule has 0 atom stereocenters. The van der Waals surface area contributed by atoms with Crippen molar-refractivity contribution in [1.29, 1.82) is 0 Å². The van der Waals surface area contributed by atoms with E-state index in [1.165, 1.54) is 16.7 Å². The number of hydrogen-bond donors (Lipinski definition) is 0. The van der Waals surface area contributed by atoms with Crippen LogP contribution in [0.15, 0.2) is 41.3 Å². The zero-order valence-corrected chi connectivity index (χ0v) is 22.5. The number of rotatable bonds is 11. The van der Waals surface area contributed by atoms with E-state index in [0.29, 0.717) is 50.3 Å². The minimum Gasteiger partial charge on any atom is -0.493 e. The number of methoxy groups -OCH3 is 1. The fourth-order valence-electron chi connectivity index (χ4n) is 3.20. The molecule has 1 amide bonds. The molecule has 0 unspecified atom stereocenters. The number of thioether (sulfide) groups is 1. The summed E-state index contributed by atoms with van der Waals surface area (Å²) in [5.74, 6) is 0.613. The molecule has 6 nitrogen and oxygen atoms in total. The van der Waals surface area contributed by atoms with Gasteiger partial charge in [0.05, 0.1) is 18.6 Å². The predicted molar refractivity (Wildman–Crippen MR) is 144 cm³/mol. The molecule has 0 radical (unpaired) electrons. The molecule has 0 spiro atoms. The van der Waals surface area contributed by atoms with Crippen molar-refractivity contribution in [1.82, 2.24) is 4.90 Å². The molecular weight excluding hydrogens is 529 g/mol. The van der Waals surface area contributed by atoms with Gasteiger partial charge in [-0.2, -0.15) is 0 Å². The van der Waals surface area contributed by atoms with Crippen LogP contribution in [-0.2, 0) is 20.9 Å². The lowest BCUT2D eigenvalue weighted by atomic mass is 10.1. The number of hydrogen-bond acceptors (Lipinski definition) is 7. The highest BCUT2D eigenvalue weighted by Crippen LogP contribution is 2.35. The number of esters is 1. The van der Waals surface area contributed by atoms with E-state index in [4.69, 9.17) is 49.6 Å². The Morgan fingerprint density at radius 1 is 1.17 bits per heavy atom. The third-order valence-electron chi connectivity index (χ3n) is 4.99. The summed E-state index contributed by atoms with van der Waals surface area (Å²) in [6, 6.07) is 10.6. The summed E-state index contributed by atoms with van der Waals surface area (Å²) in [6.45, 7) is 2.96. The SMILES string of the molecule is CCCOC(=O)CCCN1C(=O)/C(=C/c2ccc(OCc3ccc(Cl)cc3Cl)c(OC)c2)SC1=S. The van der Waals surface area contributed by atoms with Gasteiger partial charge in [-0.1, -0.05) is 66.2 Å². The molecule has 2 aromatic carbocycles. The van der Waals surface area contributed by atoms with Crippen LogP contribution in [0.5, 0.6) is 11.5 Å². The fraction of sp³-hybridized carbons (Fsp3) is 0.320. The zero-order chi connectivity index (χ0) is 25.4. The molecule has 0 saturated carbocycles. The lowest BCUT2D eigenvalue weighted by Gasteiger charge is -2.14. The van der Waals surface area contributed by atoms with Gasteiger partial charge in [0.15, 0.2) is 11.5 Å². The zero-order valence-electron chi connectivity index (χ0n) is 19.3. The van der Waals surface area contributed by atoms with Crippen LogP contribution in [-0.4, -0.2) is 41.4 Å². The molecule has 1 saturated heterocycles. The second kappa shape index (κ2) is 13.2. The van der Waals surface area contributed by atoms with Gasteiger partial charge in [-0.25, -0.2) is 0 Å². The largest absolute Gasteiger partial charge is 0.493 e. The fourth-order valence-corrected chi connectivity index (χ4v) is 4.97. The third kappa shape index (κ3) is 7.61. The molecule has 1 fully saturated rings. The quantitative estimate of drug-likeness (QED) is 0.178. The van der Waals surface area contributed by atoms with Crippen molar-refractivity contribution in [2.24, 2.45) is 0 Å². The van der Waals surface area contributed by atoms with E-state index in [0.717, 1.165) is 17.5 Å². The summed E-state index contributed by atoms with van der Waals surface area (Å²) < 4.78 is 16.9. The Morgan fingerprint density at radius 3 is 2.69 bits per heavy atom. The van der Waals surface area contributed by atoms with Gasteiger partial charge in [-0.05, 0) is 48.7 Å². The van der Waals surface area contributed by atoms with E-state index < -0.39 is 0 Å². The van der Waals surface area contributed by atoms with Crippen LogP contribution in [0.3, 0.4) is 0 Å². The van der Waals surface area contributed by atoms with E-state index in [9.17, 15) is 9.59 Å². The number of nitrogens with zero attached hydrogens (tertiary/aromatic N) is 1. The van der Waals surface area contributed by atoms with E-state index in [-0.39, 0.29) is 24.9 Å². The molecule has 1 heterocycles. The molecule has 1 aliphatic heterocycles. The highest BCUT2D eigenvalue weighted by atomic mass is 35.5. The summed E-state index contributed by atoms with van der Waals surface area (Å²) in [6.07, 6.45) is 3.27. The van der Waals surface area contributed by atoms with Gasteiger partial charge in [0.1, 0.15) is 10.9 Å². The third-order valence-corrected chi connectivity index (χ3v) is 6.95. The Hall–Kier alpha value is -2.26. The number of benzene rings is 2. The maximum Gasteiger partial charge on any atom is 0.305 e. The minimum absolute atomic E-state index is 0.182. The van der Waals surface area contributed by atoms with E-state index in [1.54, 1.807) is 37.5 Å². The monoisotopic (exact) mass is 553 g/mol. The normalized spacial score (nSPS) is 14.5. The highest BCUT2D eigenvalue weighted by molar-refractivity contribution is 8.26. The molecular formula is C25H25Cl2NO5S2. The van der Waals surface area contributed by atoms with Crippen LogP contribution < -0.4 is 9.47 Å². The first-order chi connectivity index (χ1) is 16.8. The number of thiocarbonyl (C=S) groups is 1. The van der Waals surface area contributed by atoms with Crippen LogP contribution in [0.25, 0.3) is 6.08 Å². The van der Waals surface area contributed by atoms with Crippen LogP contribution in [0.4, 0.5) is 0 Å². The summed E-state index contributed by atoms with van der Waals surface area (Å²) in [5.41, 5.74) is 1.56. The number of carbonyl (C=O) groups is 2. The highest BCUT2D eigenvalue weighted by Gasteiger charge is 2.31. The Labute approximate surface area is 224 Å². The van der Waals surface area contributed by atoms with Gasteiger partial charge in [-0.15, -0.1) is 0 Å². The summed E-state index contributed by atoms with van der Waals surface area (Å²) in [4.78, 5) is 26.6. The van der Waals surface area contributed by atoms with Crippen LogP contribution >= 0.6 is 47.2 Å². The second-order valence-corrected chi connectivity index (χ2v) is 10.1. The minimum atomic E-state index is -0.263. The van der Waals surface area contributed by atoms with Gasteiger partial charge in [0.25, 0.3) is 5.91 Å². The van der Waals surface area contributed by atoms with Gasteiger partial charge >= 0.3 is 5.97 Å². The first kappa shape index (κ1) is 27.3. The number of amides is 1. The van der Waals surface area contributed by atoms with Crippen LogP contribution in [0.1, 0.15) is 37.3 Å². The van der Waals surface area contributed by atoms with E-state index in [2.05, 4.69) is 0 Å². The van der Waals surface area contributed by atoms with Gasteiger partial charge in [0.2, 0.25) is 0 Å². The molecule has 35 heavy (non-hydrogen) atoms. The Morgan fingerprint density at radius 2 is 1.97 bits per heavy atom. The van der Waals surface area contributed by atoms with Crippen molar-refractivity contribution in [3.63, 3.8) is 0 Å². The molecule has 3 rings (SSSR count). The molecule has 186 valence electrons. The van der Waals surface area contributed by atoms with Crippen molar-refractivity contribution >= 4 is 69.5 Å². The molecule has 2 aromatic rings. The predicted octanol–water partition coefficient (Wildman–Crippen LogP) is 6.52. The topological polar surface area (TPSA) is 65.1 Å². The lowest BCUT2D eigenvalue weighted by Crippen LogP contribution is -2.29. The van der Waals surface area contributed by atoms with Gasteiger partial charge in [-0.3, -0.25) is 14.5 Å². The molecule has 1 aliphatic rings. The van der Waals surface area contributed by atoms with Crippen LogP contribution in [0, 0.1) is 0 Å². The summed E-state index contributed by atoms with van der Waals surface area (Å²) in [5, 5.41) is 1.08. The number of halogens is 2. The smallest absolute Gasteiger partial charge is 0.305 e. The molecule has 0 aliphatic carbocycles. The van der Waals surface area contributed by atoms with E-state index >= 15 is 0 Å². The average molecular weight is 555 g/mol. The van der Waals surface area contributed by atoms with Gasteiger partial charge in [0, 0.05) is 28.6 Å². The molecule has 0 aromatic heterocycles. The van der Waals surface area contributed by atoms with E-state index in [1.807, 2.05) is 19.1 Å². The molecule has 10 heteroatoms. The lowest BCUT2D eigenvalue weighted by molar-refractivity contribution is -0.144. The number of ether oxygens (including phenoxy) is 3. The standard InChI is InChI=1S/C25H25Cl2NO5S2/c1-3-11-32-23(29)5-4-10-28-24(30)22(35-25(28)34)13-16-6-9-20(21(12-16)31-2)33-15-17-7-8-18(26)14-19(17)27/h6-9,12-14H,3-5,10-11,15H2,1-2H3/b22-13-. The Bertz CT molecular complexity index is 1140. The second-order valence-electron chi connectivity index (χ2n) is 7.59. The van der Waals surface area contributed by atoms with Crippen molar-refractivity contribution in [3.8, 4) is 11.5 Å². The van der Waals surface area contributed by atoms with Crippen molar-refractivity contribution < 1.29 is 23.8 Å². The Kier molecular flexibility index (Phi) is 10.3. The first-order valence-corrected chi connectivity index (χ1v) is 13.0. The van der Waals surface area contributed by atoms with Crippen molar-refractivity contribution in [2.45, 2.75) is 32.8 Å². The number of carbonyl (C=O) groups excluding carboxylic acids is 2. The van der Waals surface area contributed by atoms with Gasteiger partial charge < -0.3 is 14.2 Å². The maximum atomic E-state index is 12.9. The maximum absolute atomic E-state index is 12.9. The Balaban J connectivity index is 1.63. The van der Waals surface area contributed by atoms with Crippen molar-refractivity contribution in [3.05, 3.63) is 62.5 Å².